The third-order valence-electron chi connectivity index (χ3n) is 3.66. The molecule has 1 aromatic rings. The highest BCUT2D eigenvalue weighted by Gasteiger charge is 2.28. The fourth-order valence-corrected chi connectivity index (χ4v) is 2.08. The van der Waals surface area contributed by atoms with E-state index in [1.54, 1.807) is 6.08 Å². The van der Waals surface area contributed by atoms with Crippen LogP contribution in [0.3, 0.4) is 0 Å². The van der Waals surface area contributed by atoms with Gasteiger partial charge in [0.2, 0.25) is 5.89 Å². The van der Waals surface area contributed by atoms with Gasteiger partial charge in [0.1, 0.15) is 5.76 Å². The molecule has 96 valence electrons. The molecule has 0 amide bonds. The molecule has 1 unspecified atom stereocenters. The normalized spacial score (nSPS) is 14.5. The van der Waals surface area contributed by atoms with E-state index in [-0.39, 0.29) is 5.41 Å². The minimum atomic E-state index is 0.127. The first-order valence-corrected chi connectivity index (χ1v) is 6.75. The van der Waals surface area contributed by atoms with E-state index in [0.717, 1.165) is 12.2 Å². The SMILES string of the molecule is C=Cc1ncc(C(C)(CC)CCCCCC)o1. The molecule has 2 nitrogen and oxygen atoms in total. The lowest BCUT2D eigenvalue weighted by Crippen LogP contribution is -2.20. The van der Waals surface area contributed by atoms with E-state index in [1.807, 2.05) is 6.20 Å². The Hall–Kier alpha value is -1.05. The first-order valence-electron chi connectivity index (χ1n) is 6.75. The molecule has 0 spiro atoms. The molecule has 0 N–H and O–H groups in total. The Morgan fingerprint density at radius 1 is 1.35 bits per heavy atom. The van der Waals surface area contributed by atoms with Crippen LogP contribution in [-0.4, -0.2) is 4.98 Å². The zero-order chi connectivity index (χ0) is 12.7. The molecule has 0 aliphatic rings. The van der Waals surface area contributed by atoms with E-state index in [9.17, 15) is 0 Å². The van der Waals surface area contributed by atoms with Crippen molar-refractivity contribution < 1.29 is 4.42 Å². The van der Waals surface area contributed by atoms with Crippen LogP contribution in [0.15, 0.2) is 17.2 Å². The molecule has 0 bridgehead atoms. The highest BCUT2D eigenvalue weighted by Crippen LogP contribution is 2.33. The molecule has 17 heavy (non-hydrogen) atoms. The average Bonchev–Trinajstić information content (AvgIpc) is 2.83. The Kier molecular flexibility index (Phi) is 5.46. The third-order valence-corrected chi connectivity index (χ3v) is 3.66. The molecule has 1 atom stereocenters. The predicted octanol–water partition coefficient (Wildman–Crippen LogP) is 4.96. The smallest absolute Gasteiger partial charge is 0.218 e. The van der Waals surface area contributed by atoms with E-state index < -0.39 is 0 Å². The molecule has 1 rings (SSSR count). The van der Waals surface area contributed by atoms with Crippen molar-refractivity contribution >= 4 is 6.08 Å². The quantitative estimate of drug-likeness (QED) is 0.595. The highest BCUT2D eigenvalue weighted by atomic mass is 16.4. The molecule has 0 saturated carbocycles. The van der Waals surface area contributed by atoms with Crippen molar-refractivity contribution in [2.24, 2.45) is 0 Å². The maximum absolute atomic E-state index is 5.72. The van der Waals surface area contributed by atoms with Crippen molar-refractivity contribution in [3.63, 3.8) is 0 Å². The van der Waals surface area contributed by atoms with E-state index >= 15 is 0 Å². The van der Waals surface area contributed by atoms with Gasteiger partial charge in [-0.3, -0.25) is 0 Å². The van der Waals surface area contributed by atoms with Gasteiger partial charge >= 0.3 is 0 Å². The number of rotatable bonds is 8. The third kappa shape index (κ3) is 3.72. The highest BCUT2D eigenvalue weighted by molar-refractivity contribution is 5.34. The number of hydrogen-bond donors (Lipinski definition) is 0. The van der Waals surface area contributed by atoms with Crippen molar-refractivity contribution in [3.8, 4) is 0 Å². The van der Waals surface area contributed by atoms with E-state index in [2.05, 4.69) is 32.3 Å². The molecule has 0 saturated heterocycles. The van der Waals surface area contributed by atoms with Crippen LogP contribution in [0.25, 0.3) is 6.08 Å². The molecule has 0 fully saturated rings. The molecular weight excluding hydrogens is 210 g/mol. The maximum Gasteiger partial charge on any atom is 0.218 e. The van der Waals surface area contributed by atoms with Gasteiger partial charge in [0.25, 0.3) is 0 Å². The van der Waals surface area contributed by atoms with E-state index in [0.29, 0.717) is 5.89 Å². The minimum Gasteiger partial charge on any atom is -0.441 e. The van der Waals surface area contributed by atoms with Gasteiger partial charge in [-0.25, -0.2) is 4.98 Å². The monoisotopic (exact) mass is 235 g/mol. The number of aromatic nitrogens is 1. The van der Waals surface area contributed by atoms with Gasteiger partial charge in [-0.15, -0.1) is 0 Å². The predicted molar refractivity (Wildman–Crippen MR) is 73.0 cm³/mol. The topological polar surface area (TPSA) is 26.0 Å². The summed E-state index contributed by atoms with van der Waals surface area (Å²) < 4.78 is 5.72. The van der Waals surface area contributed by atoms with Crippen LogP contribution < -0.4 is 0 Å². The van der Waals surface area contributed by atoms with E-state index in [4.69, 9.17) is 4.42 Å². The van der Waals surface area contributed by atoms with Crippen LogP contribution in [0.4, 0.5) is 0 Å². The number of hydrogen-bond acceptors (Lipinski definition) is 2. The number of oxazole rings is 1. The molecule has 0 aromatic carbocycles. The molecule has 0 radical (unpaired) electrons. The Bertz CT molecular complexity index is 342. The molecule has 0 aliphatic heterocycles. The second-order valence-corrected chi connectivity index (χ2v) is 4.99. The summed E-state index contributed by atoms with van der Waals surface area (Å²) in [6, 6.07) is 0. The number of unbranched alkanes of at least 4 members (excludes halogenated alkanes) is 3. The lowest BCUT2D eigenvalue weighted by atomic mass is 9.80. The van der Waals surface area contributed by atoms with Crippen molar-refractivity contribution in [1.82, 2.24) is 4.98 Å². The van der Waals surface area contributed by atoms with Gasteiger partial charge in [0.15, 0.2) is 0 Å². The summed E-state index contributed by atoms with van der Waals surface area (Å²) in [6.45, 7) is 10.4. The van der Waals surface area contributed by atoms with Gasteiger partial charge in [-0.1, -0.05) is 53.0 Å². The second-order valence-electron chi connectivity index (χ2n) is 4.99. The van der Waals surface area contributed by atoms with Gasteiger partial charge in [-0.05, 0) is 18.9 Å². The lowest BCUT2D eigenvalue weighted by molar-refractivity contribution is 0.315. The van der Waals surface area contributed by atoms with Crippen molar-refractivity contribution in [3.05, 3.63) is 24.4 Å². The van der Waals surface area contributed by atoms with Gasteiger partial charge < -0.3 is 4.42 Å². The number of nitrogens with zero attached hydrogens (tertiary/aromatic N) is 1. The van der Waals surface area contributed by atoms with Crippen LogP contribution >= 0.6 is 0 Å². The first-order chi connectivity index (χ1) is 8.16. The Labute approximate surface area is 105 Å². The van der Waals surface area contributed by atoms with E-state index in [1.165, 1.54) is 32.1 Å². The van der Waals surface area contributed by atoms with Crippen molar-refractivity contribution in [1.29, 1.82) is 0 Å². The zero-order valence-electron chi connectivity index (χ0n) is 11.5. The fourth-order valence-electron chi connectivity index (χ4n) is 2.08. The zero-order valence-corrected chi connectivity index (χ0v) is 11.5. The summed E-state index contributed by atoms with van der Waals surface area (Å²) in [4.78, 5) is 4.21. The molecule has 2 heteroatoms. The summed E-state index contributed by atoms with van der Waals surface area (Å²) >= 11 is 0. The molecule has 0 aliphatic carbocycles. The Morgan fingerprint density at radius 2 is 2.12 bits per heavy atom. The fraction of sp³-hybridized carbons (Fsp3) is 0.667. The summed E-state index contributed by atoms with van der Waals surface area (Å²) in [5, 5.41) is 0. The van der Waals surface area contributed by atoms with Crippen molar-refractivity contribution in [2.45, 2.75) is 64.7 Å². The summed E-state index contributed by atoms with van der Waals surface area (Å²) in [5.41, 5.74) is 0.127. The van der Waals surface area contributed by atoms with Crippen LogP contribution in [0.5, 0.6) is 0 Å². The van der Waals surface area contributed by atoms with Crippen LogP contribution in [0.1, 0.15) is 70.9 Å². The summed E-state index contributed by atoms with van der Waals surface area (Å²) in [6.07, 6.45) is 11.0. The lowest BCUT2D eigenvalue weighted by Gasteiger charge is -2.25. The average molecular weight is 235 g/mol. The summed E-state index contributed by atoms with van der Waals surface area (Å²) in [5.74, 6) is 1.64. The maximum atomic E-state index is 5.72. The second kappa shape index (κ2) is 6.63. The first kappa shape index (κ1) is 14.0. The van der Waals surface area contributed by atoms with Crippen LogP contribution in [0, 0.1) is 0 Å². The molecule has 1 heterocycles. The van der Waals surface area contributed by atoms with Gasteiger partial charge in [0, 0.05) is 5.41 Å². The Morgan fingerprint density at radius 3 is 2.65 bits per heavy atom. The largest absolute Gasteiger partial charge is 0.441 e. The Balaban J connectivity index is 2.63. The summed E-state index contributed by atoms with van der Waals surface area (Å²) in [7, 11) is 0. The van der Waals surface area contributed by atoms with Crippen LogP contribution in [0.2, 0.25) is 0 Å². The molecular formula is C15H25NO. The van der Waals surface area contributed by atoms with Gasteiger partial charge in [0.05, 0.1) is 6.20 Å². The van der Waals surface area contributed by atoms with Crippen molar-refractivity contribution in [2.75, 3.05) is 0 Å². The van der Waals surface area contributed by atoms with Crippen LogP contribution in [-0.2, 0) is 5.41 Å². The standard InChI is InChI=1S/C15H25NO/c1-5-8-9-10-11-15(4,7-3)13-12-16-14(6-2)17-13/h6,12H,2,5,7-11H2,1,3-4H3. The van der Waals surface area contributed by atoms with Gasteiger partial charge in [-0.2, -0.15) is 0 Å². The molecule has 1 aromatic heterocycles. The minimum absolute atomic E-state index is 0.127.